The molecule has 1 atom stereocenters. The number of alkyl carbamates (subject to hydrolysis) is 1. The molecule has 1 aliphatic rings. The van der Waals surface area contributed by atoms with Gasteiger partial charge in [-0.15, -0.1) is 11.3 Å². The highest BCUT2D eigenvalue weighted by Crippen LogP contribution is 2.44. The van der Waals surface area contributed by atoms with Gasteiger partial charge >= 0.3 is 12.1 Å². The van der Waals surface area contributed by atoms with Crippen molar-refractivity contribution in [2.75, 3.05) is 13.2 Å². The second-order valence-electron chi connectivity index (χ2n) is 8.30. The molecule has 4 rings (SSSR count). The molecule has 0 aliphatic heterocycles. The van der Waals surface area contributed by atoms with Crippen molar-refractivity contribution in [3.63, 3.8) is 0 Å². The molecule has 0 fully saturated rings. The average molecular weight is 494 g/mol. The highest BCUT2D eigenvalue weighted by atomic mass is 32.1. The van der Waals surface area contributed by atoms with Gasteiger partial charge in [-0.05, 0) is 43.0 Å². The molecule has 0 bridgehead atoms. The van der Waals surface area contributed by atoms with Crippen LogP contribution in [0.4, 0.5) is 4.79 Å². The van der Waals surface area contributed by atoms with Crippen LogP contribution in [0.3, 0.4) is 0 Å². The third-order valence-corrected chi connectivity index (χ3v) is 7.17. The van der Waals surface area contributed by atoms with E-state index < -0.39 is 24.0 Å². The van der Waals surface area contributed by atoms with E-state index in [0.717, 1.165) is 22.3 Å². The van der Waals surface area contributed by atoms with Gasteiger partial charge in [0.1, 0.15) is 23.4 Å². The largest absolute Gasteiger partial charge is 0.480 e. The number of nitrogens with one attached hydrogen (secondary N) is 1. The smallest absolute Gasteiger partial charge is 0.407 e. The zero-order valence-electron chi connectivity index (χ0n) is 19.8. The zero-order valence-corrected chi connectivity index (χ0v) is 20.6. The number of carbonyl (C=O) groups is 3. The number of fused-ring (bicyclic) bond motifs is 3. The molecular weight excluding hydrogens is 466 g/mol. The lowest BCUT2D eigenvalue weighted by molar-refractivity contribution is -0.141. The molecule has 3 aromatic rings. The first-order valence-corrected chi connectivity index (χ1v) is 12.2. The number of aliphatic carboxylic acids is 1. The number of likely N-dealkylation sites (N-methyl/N-ethyl adjacent to an activating group) is 1. The second kappa shape index (κ2) is 10.3. The summed E-state index contributed by atoms with van der Waals surface area (Å²) in [6.07, 6.45) is -0.567. The van der Waals surface area contributed by atoms with Crippen LogP contribution < -0.4 is 5.32 Å². The first-order valence-electron chi connectivity index (χ1n) is 11.4. The number of aryl methyl sites for hydroxylation is 1. The Labute approximate surface area is 207 Å². The lowest BCUT2D eigenvalue weighted by Crippen LogP contribution is -2.43. The number of hydrogen-bond donors (Lipinski definition) is 2. The monoisotopic (exact) mass is 493 g/mol. The number of aromatic nitrogens is 1. The van der Waals surface area contributed by atoms with Crippen LogP contribution in [0.5, 0.6) is 0 Å². The van der Waals surface area contributed by atoms with E-state index >= 15 is 0 Å². The Balaban J connectivity index is 1.37. The van der Waals surface area contributed by atoms with Gasteiger partial charge in [0.2, 0.25) is 0 Å². The number of benzene rings is 2. The van der Waals surface area contributed by atoms with Crippen molar-refractivity contribution in [3.05, 3.63) is 75.2 Å². The van der Waals surface area contributed by atoms with Gasteiger partial charge in [-0.25, -0.2) is 14.6 Å². The predicted molar refractivity (Wildman–Crippen MR) is 133 cm³/mol. The van der Waals surface area contributed by atoms with E-state index in [0.29, 0.717) is 9.88 Å². The fourth-order valence-corrected chi connectivity index (χ4v) is 5.25. The summed E-state index contributed by atoms with van der Waals surface area (Å²) in [5, 5.41) is 12.5. The number of nitrogens with zero attached hydrogens (tertiary/aromatic N) is 2. The Hall–Kier alpha value is -3.72. The van der Waals surface area contributed by atoms with E-state index in [1.165, 1.54) is 23.2 Å². The fourth-order valence-electron chi connectivity index (χ4n) is 4.39. The maximum absolute atomic E-state index is 12.8. The number of rotatable bonds is 8. The molecule has 1 unspecified atom stereocenters. The number of carboxylic acids is 1. The highest BCUT2D eigenvalue weighted by molar-refractivity contribution is 7.11. The van der Waals surface area contributed by atoms with Crippen LogP contribution >= 0.6 is 11.3 Å². The van der Waals surface area contributed by atoms with E-state index in [9.17, 15) is 19.5 Å². The minimum absolute atomic E-state index is 0.0317. The highest BCUT2D eigenvalue weighted by Gasteiger charge is 2.30. The maximum atomic E-state index is 12.8. The topological polar surface area (TPSA) is 109 Å². The van der Waals surface area contributed by atoms with Crippen molar-refractivity contribution in [2.24, 2.45) is 0 Å². The molecule has 8 nitrogen and oxygen atoms in total. The van der Waals surface area contributed by atoms with Crippen molar-refractivity contribution in [1.82, 2.24) is 15.2 Å². The summed E-state index contributed by atoms with van der Waals surface area (Å²) in [7, 11) is 0. The maximum Gasteiger partial charge on any atom is 0.407 e. The number of carbonyl (C=O) groups excluding carboxylic acids is 2. The SMILES string of the molecule is CCN(C(=O)c1nc(CNC(=O)OCC2c3ccccc3-c3ccccc32)sc1C)C(C)C(=O)O. The number of hydrogen-bond acceptors (Lipinski definition) is 6. The van der Waals surface area contributed by atoms with Crippen LogP contribution in [0.2, 0.25) is 0 Å². The molecule has 35 heavy (non-hydrogen) atoms. The second-order valence-corrected chi connectivity index (χ2v) is 9.58. The van der Waals surface area contributed by atoms with E-state index in [1.807, 2.05) is 24.3 Å². The van der Waals surface area contributed by atoms with Gasteiger partial charge in [0, 0.05) is 17.3 Å². The van der Waals surface area contributed by atoms with E-state index in [2.05, 4.69) is 34.6 Å². The first-order chi connectivity index (χ1) is 16.8. The Morgan fingerprint density at radius 2 is 1.71 bits per heavy atom. The van der Waals surface area contributed by atoms with Gasteiger partial charge in [-0.2, -0.15) is 0 Å². The fraction of sp³-hybridized carbons (Fsp3) is 0.308. The molecule has 2 aromatic carbocycles. The summed E-state index contributed by atoms with van der Waals surface area (Å²) in [5.74, 6) is -1.55. The van der Waals surface area contributed by atoms with Gasteiger partial charge in [-0.1, -0.05) is 48.5 Å². The number of amides is 2. The van der Waals surface area contributed by atoms with Gasteiger partial charge in [0.25, 0.3) is 5.91 Å². The lowest BCUT2D eigenvalue weighted by Gasteiger charge is -2.24. The van der Waals surface area contributed by atoms with Crippen molar-refractivity contribution in [3.8, 4) is 11.1 Å². The Morgan fingerprint density at radius 1 is 1.11 bits per heavy atom. The van der Waals surface area contributed by atoms with E-state index in [1.54, 1.807) is 13.8 Å². The third-order valence-electron chi connectivity index (χ3n) is 6.20. The zero-order chi connectivity index (χ0) is 25.1. The van der Waals surface area contributed by atoms with Crippen LogP contribution in [-0.4, -0.2) is 52.2 Å². The van der Waals surface area contributed by atoms with Crippen LogP contribution in [0.15, 0.2) is 48.5 Å². The third kappa shape index (κ3) is 4.90. The molecule has 2 N–H and O–H groups in total. The van der Waals surface area contributed by atoms with Crippen molar-refractivity contribution in [1.29, 1.82) is 0 Å². The standard InChI is InChI=1S/C26H27N3O5S/c1-4-29(15(2)25(31)32)24(30)23-16(3)35-22(28-23)13-27-26(33)34-14-21-19-11-7-5-9-17(19)18-10-6-8-12-20(18)21/h5-12,15,21H,4,13-14H2,1-3H3,(H,27,33)(H,31,32). The number of carboxylic acid groups (broad SMARTS) is 1. The number of thiazole rings is 1. The summed E-state index contributed by atoms with van der Waals surface area (Å²) in [4.78, 5) is 42.9. The molecule has 0 saturated heterocycles. The molecule has 9 heteroatoms. The minimum atomic E-state index is -1.08. The van der Waals surface area contributed by atoms with Crippen LogP contribution in [0.25, 0.3) is 11.1 Å². The Kier molecular flexibility index (Phi) is 7.16. The van der Waals surface area contributed by atoms with E-state index in [-0.39, 0.29) is 31.3 Å². The molecule has 1 aliphatic carbocycles. The summed E-state index contributed by atoms with van der Waals surface area (Å²) >= 11 is 1.28. The van der Waals surface area contributed by atoms with Crippen LogP contribution in [0, 0.1) is 6.92 Å². The minimum Gasteiger partial charge on any atom is -0.480 e. The van der Waals surface area contributed by atoms with Crippen molar-refractivity contribution < 1.29 is 24.2 Å². The Bertz CT molecular complexity index is 1230. The Morgan fingerprint density at radius 3 is 2.29 bits per heavy atom. The summed E-state index contributed by atoms with van der Waals surface area (Å²) < 4.78 is 5.55. The summed E-state index contributed by atoms with van der Waals surface area (Å²) in [6, 6.07) is 15.3. The predicted octanol–water partition coefficient (Wildman–Crippen LogP) is 4.43. The quantitative estimate of drug-likeness (QED) is 0.481. The van der Waals surface area contributed by atoms with E-state index in [4.69, 9.17) is 4.74 Å². The number of ether oxygens (including phenoxy) is 1. The summed E-state index contributed by atoms with van der Waals surface area (Å²) in [6.45, 7) is 5.50. The van der Waals surface area contributed by atoms with Crippen molar-refractivity contribution >= 4 is 29.3 Å². The van der Waals surface area contributed by atoms with Crippen LogP contribution in [-0.2, 0) is 16.1 Å². The average Bonchev–Trinajstić information content (AvgIpc) is 3.39. The van der Waals surface area contributed by atoms with Crippen molar-refractivity contribution in [2.45, 2.75) is 39.3 Å². The molecule has 1 heterocycles. The molecular formula is C26H27N3O5S. The molecule has 0 spiro atoms. The molecule has 0 radical (unpaired) electrons. The molecule has 1 aromatic heterocycles. The molecule has 0 saturated carbocycles. The van der Waals surface area contributed by atoms with Crippen LogP contribution in [0.1, 0.15) is 51.3 Å². The molecule has 182 valence electrons. The summed E-state index contributed by atoms with van der Waals surface area (Å²) in [5.41, 5.74) is 4.79. The van der Waals surface area contributed by atoms with Gasteiger partial charge < -0.3 is 20.1 Å². The lowest BCUT2D eigenvalue weighted by atomic mass is 9.98. The van der Waals surface area contributed by atoms with Gasteiger partial charge in [-0.3, -0.25) is 4.79 Å². The first kappa shape index (κ1) is 24.4. The van der Waals surface area contributed by atoms with Gasteiger partial charge in [0.05, 0.1) is 6.54 Å². The normalized spacial score (nSPS) is 13.0. The van der Waals surface area contributed by atoms with Gasteiger partial charge in [0.15, 0.2) is 0 Å². The molecule has 2 amide bonds.